The Balaban J connectivity index is 2.23. The molecule has 1 aliphatic rings. The van der Waals surface area contributed by atoms with E-state index in [0.29, 0.717) is 31.6 Å². The number of nitrogens with zero attached hydrogens (tertiary/aromatic N) is 1. The summed E-state index contributed by atoms with van der Waals surface area (Å²) in [5.41, 5.74) is 0.518. The summed E-state index contributed by atoms with van der Waals surface area (Å²) >= 11 is 0. The van der Waals surface area contributed by atoms with E-state index >= 15 is 0 Å². The normalized spacial score (nSPS) is 18.6. The standard InChI is InChI=1S/C13H20N2O4S2/c1-2-9-14-21(18,19)13-7-5-12(6-8-13)15-10-3-4-11-20(15,16)17/h5-8,14H,2-4,9-11H2,1H3. The molecule has 0 spiro atoms. The van der Waals surface area contributed by atoms with Crippen LogP contribution < -0.4 is 9.03 Å². The number of hydrogen-bond acceptors (Lipinski definition) is 4. The summed E-state index contributed by atoms with van der Waals surface area (Å²) in [6.45, 7) is 2.71. The Bertz CT molecular complexity index is 681. The third kappa shape index (κ3) is 3.75. The maximum absolute atomic E-state index is 12.0. The Morgan fingerprint density at radius 2 is 1.86 bits per heavy atom. The van der Waals surface area contributed by atoms with Crippen LogP contribution in [0, 0.1) is 0 Å². The van der Waals surface area contributed by atoms with E-state index in [1.54, 1.807) is 12.1 Å². The van der Waals surface area contributed by atoms with Gasteiger partial charge >= 0.3 is 0 Å². The van der Waals surface area contributed by atoms with Crippen molar-refractivity contribution in [2.24, 2.45) is 0 Å². The summed E-state index contributed by atoms with van der Waals surface area (Å²) in [7, 11) is -6.79. The van der Waals surface area contributed by atoms with E-state index in [1.165, 1.54) is 16.4 Å². The van der Waals surface area contributed by atoms with Gasteiger partial charge in [0.25, 0.3) is 0 Å². The van der Waals surface area contributed by atoms with Crippen molar-refractivity contribution in [2.75, 3.05) is 23.1 Å². The predicted octanol–water partition coefficient (Wildman–Crippen LogP) is 1.30. The van der Waals surface area contributed by atoms with Gasteiger partial charge in [0.05, 0.1) is 16.3 Å². The average molecular weight is 332 g/mol. The molecule has 0 unspecified atom stereocenters. The minimum Gasteiger partial charge on any atom is -0.270 e. The summed E-state index contributed by atoms with van der Waals surface area (Å²) in [5, 5.41) is 0. The largest absolute Gasteiger partial charge is 0.270 e. The molecular formula is C13H20N2O4S2. The minimum atomic E-state index is -3.52. The number of anilines is 1. The van der Waals surface area contributed by atoms with Crippen LogP contribution in [-0.2, 0) is 20.0 Å². The van der Waals surface area contributed by atoms with Crippen LogP contribution in [0.25, 0.3) is 0 Å². The van der Waals surface area contributed by atoms with Crippen molar-refractivity contribution in [1.82, 2.24) is 4.72 Å². The molecule has 118 valence electrons. The van der Waals surface area contributed by atoms with Gasteiger partial charge in [-0.15, -0.1) is 0 Å². The zero-order chi connectivity index (χ0) is 15.5. The van der Waals surface area contributed by atoms with Crippen molar-refractivity contribution in [3.8, 4) is 0 Å². The molecule has 1 aliphatic heterocycles. The molecule has 0 atom stereocenters. The summed E-state index contributed by atoms with van der Waals surface area (Å²) < 4.78 is 51.8. The van der Waals surface area contributed by atoms with Gasteiger partial charge < -0.3 is 0 Å². The van der Waals surface area contributed by atoms with Crippen molar-refractivity contribution >= 4 is 25.7 Å². The number of hydrogen-bond donors (Lipinski definition) is 1. The maximum Gasteiger partial charge on any atom is 0.240 e. The van der Waals surface area contributed by atoms with Gasteiger partial charge in [0.15, 0.2) is 0 Å². The van der Waals surface area contributed by atoms with Crippen molar-refractivity contribution in [1.29, 1.82) is 0 Å². The summed E-state index contributed by atoms with van der Waals surface area (Å²) in [6, 6.07) is 5.97. The molecule has 1 heterocycles. The fourth-order valence-corrected chi connectivity index (χ4v) is 4.96. The molecule has 1 N–H and O–H groups in total. The highest BCUT2D eigenvalue weighted by molar-refractivity contribution is 7.92. The molecule has 21 heavy (non-hydrogen) atoms. The molecule has 1 fully saturated rings. The van der Waals surface area contributed by atoms with Gasteiger partial charge in [0.2, 0.25) is 20.0 Å². The quantitative estimate of drug-likeness (QED) is 0.881. The molecule has 6 nitrogen and oxygen atoms in total. The SMILES string of the molecule is CCCNS(=O)(=O)c1ccc(N2CCCCS2(=O)=O)cc1. The van der Waals surface area contributed by atoms with Gasteiger partial charge in [-0.25, -0.2) is 21.6 Å². The topological polar surface area (TPSA) is 83.6 Å². The van der Waals surface area contributed by atoms with Crippen LogP contribution in [-0.4, -0.2) is 35.7 Å². The fraction of sp³-hybridized carbons (Fsp3) is 0.538. The average Bonchev–Trinajstić information content (AvgIpc) is 2.45. The highest BCUT2D eigenvalue weighted by atomic mass is 32.2. The van der Waals surface area contributed by atoms with E-state index in [2.05, 4.69) is 4.72 Å². The van der Waals surface area contributed by atoms with E-state index in [4.69, 9.17) is 0 Å². The molecule has 0 aliphatic carbocycles. The number of benzene rings is 1. The fourth-order valence-electron chi connectivity index (χ4n) is 2.19. The first-order valence-electron chi connectivity index (χ1n) is 6.97. The van der Waals surface area contributed by atoms with Gasteiger partial charge in [0, 0.05) is 13.1 Å². The van der Waals surface area contributed by atoms with Gasteiger partial charge in [-0.1, -0.05) is 6.92 Å². The van der Waals surface area contributed by atoms with Crippen LogP contribution in [0.15, 0.2) is 29.2 Å². The van der Waals surface area contributed by atoms with Crippen molar-refractivity contribution in [3.63, 3.8) is 0 Å². The molecule has 0 saturated carbocycles. The van der Waals surface area contributed by atoms with E-state index < -0.39 is 20.0 Å². The molecule has 8 heteroatoms. The van der Waals surface area contributed by atoms with E-state index in [9.17, 15) is 16.8 Å². The van der Waals surface area contributed by atoms with E-state index in [0.717, 1.165) is 6.42 Å². The first-order valence-corrected chi connectivity index (χ1v) is 10.1. The molecule has 0 bridgehead atoms. The second kappa shape index (κ2) is 6.33. The van der Waals surface area contributed by atoms with Crippen molar-refractivity contribution in [2.45, 2.75) is 31.1 Å². The summed E-state index contributed by atoms with van der Waals surface area (Å²) in [6.07, 6.45) is 2.20. The molecular weight excluding hydrogens is 312 g/mol. The molecule has 1 aromatic carbocycles. The van der Waals surface area contributed by atoms with Crippen LogP contribution in [0.5, 0.6) is 0 Å². The van der Waals surface area contributed by atoms with Crippen LogP contribution in [0.4, 0.5) is 5.69 Å². The minimum absolute atomic E-state index is 0.144. The Morgan fingerprint density at radius 1 is 1.19 bits per heavy atom. The van der Waals surface area contributed by atoms with Gasteiger partial charge in [-0.2, -0.15) is 0 Å². The van der Waals surface area contributed by atoms with Gasteiger partial charge in [-0.05, 0) is 43.5 Å². The van der Waals surface area contributed by atoms with Gasteiger partial charge in [0.1, 0.15) is 0 Å². The molecule has 0 amide bonds. The third-order valence-electron chi connectivity index (χ3n) is 3.33. The third-order valence-corrected chi connectivity index (χ3v) is 6.67. The lowest BCUT2D eigenvalue weighted by Gasteiger charge is -2.28. The molecule has 0 aromatic heterocycles. The lowest BCUT2D eigenvalue weighted by atomic mass is 10.3. The Labute approximate surface area is 126 Å². The highest BCUT2D eigenvalue weighted by Crippen LogP contribution is 2.24. The molecule has 0 radical (unpaired) electrons. The maximum atomic E-state index is 12.0. The van der Waals surface area contributed by atoms with Crippen LogP contribution >= 0.6 is 0 Å². The number of rotatable bonds is 5. The van der Waals surface area contributed by atoms with E-state index in [-0.39, 0.29) is 10.6 Å². The van der Waals surface area contributed by atoms with Crippen LogP contribution in [0.3, 0.4) is 0 Å². The second-order valence-electron chi connectivity index (χ2n) is 4.99. The highest BCUT2D eigenvalue weighted by Gasteiger charge is 2.26. The number of sulfonamides is 2. The van der Waals surface area contributed by atoms with E-state index in [1.807, 2.05) is 6.92 Å². The Kier molecular flexibility index (Phi) is 4.90. The smallest absolute Gasteiger partial charge is 0.240 e. The van der Waals surface area contributed by atoms with Crippen LogP contribution in [0.1, 0.15) is 26.2 Å². The Morgan fingerprint density at radius 3 is 2.43 bits per heavy atom. The lowest BCUT2D eigenvalue weighted by Crippen LogP contribution is -2.37. The predicted molar refractivity (Wildman–Crippen MR) is 82.3 cm³/mol. The van der Waals surface area contributed by atoms with Crippen molar-refractivity contribution in [3.05, 3.63) is 24.3 Å². The summed E-state index contributed by atoms with van der Waals surface area (Å²) in [4.78, 5) is 0.147. The van der Waals surface area contributed by atoms with Crippen LogP contribution in [0.2, 0.25) is 0 Å². The zero-order valence-electron chi connectivity index (χ0n) is 11.9. The molecule has 1 aromatic rings. The Hall–Kier alpha value is -1.12. The van der Waals surface area contributed by atoms with Gasteiger partial charge in [-0.3, -0.25) is 4.31 Å². The number of nitrogens with one attached hydrogen (secondary N) is 1. The molecule has 2 rings (SSSR count). The molecule has 1 saturated heterocycles. The monoisotopic (exact) mass is 332 g/mol. The lowest BCUT2D eigenvalue weighted by molar-refractivity contribution is 0.574. The summed E-state index contributed by atoms with van der Waals surface area (Å²) in [5.74, 6) is 0.144. The first kappa shape index (κ1) is 16.3. The first-order chi connectivity index (χ1) is 9.87. The van der Waals surface area contributed by atoms with Crippen molar-refractivity contribution < 1.29 is 16.8 Å². The second-order valence-corrected chi connectivity index (χ2v) is 8.77. The zero-order valence-corrected chi connectivity index (χ0v) is 13.6.